The maximum absolute atomic E-state index is 11.9. The molecule has 0 saturated carbocycles. The molecule has 1 amide bonds. The molecule has 0 aromatic carbocycles. The fraction of sp³-hybridized carbons (Fsp3) is 0.667. The van der Waals surface area contributed by atoms with Crippen molar-refractivity contribution in [1.82, 2.24) is 10.6 Å². The number of carboxylic acids is 1. The minimum absolute atomic E-state index is 0.221. The van der Waals surface area contributed by atoms with E-state index in [1.807, 2.05) is 0 Å². The van der Waals surface area contributed by atoms with Gasteiger partial charge in [0.1, 0.15) is 6.04 Å². The van der Waals surface area contributed by atoms with Gasteiger partial charge in [-0.05, 0) is 25.8 Å². The average molecular weight is 240 g/mol. The van der Waals surface area contributed by atoms with Gasteiger partial charge in [-0.1, -0.05) is 18.9 Å². The highest BCUT2D eigenvalue weighted by molar-refractivity contribution is 5.87. The Bertz CT molecular complexity index is 283. The first-order valence-electron chi connectivity index (χ1n) is 6.02. The maximum atomic E-state index is 11.9. The van der Waals surface area contributed by atoms with Gasteiger partial charge < -0.3 is 15.7 Å². The molecule has 0 bridgehead atoms. The smallest absolute Gasteiger partial charge is 0.326 e. The lowest BCUT2D eigenvalue weighted by atomic mass is 10.1. The fourth-order valence-electron chi connectivity index (χ4n) is 1.91. The number of nitrogens with one attached hydrogen (secondary N) is 2. The van der Waals surface area contributed by atoms with Crippen LogP contribution in [0, 0.1) is 0 Å². The molecule has 5 heteroatoms. The molecule has 96 valence electrons. The molecule has 17 heavy (non-hydrogen) atoms. The SMILES string of the molecule is C=CCC(NC(=O)C1CCCCCN1)C(=O)O. The lowest BCUT2D eigenvalue weighted by Crippen LogP contribution is -2.49. The molecule has 1 saturated heterocycles. The molecule has 0 radical (unpaired) electrons. The molecule has 1 fully saturated rings. The summed E-state index contributed by atoms with van der Waals surface area (Å²) in [5.74, 6) is -1.24. The average Bonchev–Trinajstić information content (AvgIpc) is 2.56. The Morgan fingerprint density at radius 1 is 1.47 bits per heavy atom. The summed E-state index contributed by atoms with van der Waals surface area (Å²) in [5, 5.41) is 14.6. The number of amides is 1. The highest BCUT2D eigenvalue weighted by Gasteiger charge is 2.24. The molecule has 0 spiro atoms. The molecule has 0 aliphatic carbocycles. The number of carboxylic acid groups (broad SMARTS) is 1. The number of hydrogen-bond donors (Lipinski definition) is 3. The van der Waals surface area contributed by atoms with Gasteiger partial charge in [-0.2, -0.15) is 0 Å². The topological polar surface area (TPSA) is 78.4 Å². The monoisotopic (exact) mass is 240 g/mol. The van der Waals surface area contributed by atoms with E-state index in [1.54, 1.807) is 0 Å². The van der Waals surface area contributed by atoms with Crippen LogP contribution in [0.4, 0.5) is 0 Å². The summed E-state index contributed by atoms with van der Waals surface area (Å²) in [6.07, 6.45) is 5.70. The molecule has 0 aromatic rings. The minimum Gasteiger partial charge on any atom is -0.480 e. The van der Waals surface area contributed by atoms with Crippen LogP contribution in [0.2, 0.25) is 0 Å². The van der Waals surface area contributed by atoms with E-state index in [0.29, 0.717) is 0 Å². The third kappa shape index (κ3) is 4.56. The normalized spacial score (nSPS) is 22.2. The second-order valence-corrected chi connectivity index (χ2v) is 4.28. The van der Waals surface area contributed by atoms with Crippen LogP contribution in [0.1, 0.15) is 32.1 Å². The third-order valence-electron chi connectivity index (χ3n) is 2.89. The van der Waals surface area contributed by atoms with Crippen molar-refractivity contribution in [2.24, 2.45) is 0 Å². The molecule has 1 heterocycles. The van der Waals surface area contributed by atoms with Gasteiger partial charge in [0.25, 0.3) is 0 Å². The molecule has 1 rings (SSSR count). The molecule has 2 atom stereocenters. The first-order valence-corrected chi connectivity index (χ1v) is 6.02. The number of rotatable bonds is 5. The van der Waals surface area contributed by atoms with Crippen molar-refractivity contribution < 1.29 is 14.7 Å². The molecule has 3 N–H and O–H groups in total. The van der Waals surface area contributed by atoms with Crippen LogP contribution in [-0.4, -0.2) is 35.6 Å². The van der Waals surface area contributed by atoms with Gasteiger partial charge in [0.2, 0.25) is 5.91 Å². The first kappa shape index (κ1) is 13.7. The number of hydrogen-bond acceptors (Lipinski definition) is 3. The van der Waals surface area contributed by atoms with E-state index < -0.39 is 12.0 Å². The molecule has 0 aromatic heterocycles. The van der Waals surface area contributed by atoms with E-state index in [2.05, 4.69) is 17.2 Å². The van der Waals surface area contributed by atoms with Crippen molar-refractivity contribution in [1.29, 1.82) is 0 Å². The summed E-state index contributed by atoms with van der Waals surface area (Å²) >= 11 is 0. The van der Waals surface area contributed by atoms with E-state index in [1.165, 1.54) is 6.08 Å². The van der Waals surface area contributed by atoms with Gasteiger partial charge in [0, 0.05) is 0 Å². The van der Waals surface area contributed by atoms with Crippen molar-refractivity contribution in [2.75, 3.05) is 6.54 Å². The minimum atomic E-state index is -1.02. The zero-order valence-electron chi connectivity index (χ0n) is 9.95. The Hall–Kier alpha value is -1.36. The summed E-state index contributed by atoms with van der Waals surface area (Å²) in [5.41, 5.74) is 0. The van der Waals surface area contributed by atoms with Crippen molar-refractivity contribution in [3.63, 3.8) is 0 Å². The van der Waals surface area contributed by atoms with Crippen molar-refractivity contribution in [3.8, 4) is 0 Å². The second kappa shape index (κ2) is 7.06. The van der Waals surface area contributed by atoms with Gasteiger partial charge in [-0.15, -0.1) is 6.58 Å². The van der Waals surface area contributed by atoms with E-state index in [4.69, 9.17) is 5.11 Å². The summed E-state index contributed by atoms with van der Waals surface area (Å²) in [6, 6.07) is -1.13. The first-order chi connectivity index (χ1) is 8.15. The fourth-order valence-corrected chi connectivity index (χ4v) is 1.91. The van der Waals surface area contributed by atoms with Crippen LogP contribution < -0.4 is 10.6 Å². The number of aliphatic carboxylic acids is 1. The predicted octanol–water partition coefficient (Wildman–Crippen LogP) is 0.664. The van der Waals surface area contributed by atoms with Crippen molar-refractivity contribution >= 4 is 11.9 Å². The molecule has 5 nitrogen and oxygen atoms in total. The molecule has 2 unspecified atom stereocenters. The number of carbonyl (C=O) groups excluding carboxylic acids is 1. The van der Waals surface area contributed by atoms with Crippen molar-refractivity contribution in [3.05, 3.63) is 12.7 Å². The van der Waals surface area contributed by atoms with Gasteiger partial charge >= 0.3 is 5.97 Å². The van der Waals surface area contributed by atoms with Gasteiger partial charge in [-0.3, -0.25) is 4.79 Å². The Labute approximate surface area is 101 Å². The Kier molecular flexibility index (Phi) is 5.69. The van der Waals surface area contributed by atoms with Crippen LogP contribution in [0.5, 0.6) is 0 Å². The van der Waals surface area contributed by atoms with Crippen LogP contribution >= 0.6 is 0 Å². The molecule has 1 aliphatic heterocycles. The molecular weight excluding hydrogens is 220 g/mol. The lowest BCUT2D eigenvalue weighted by molar-refractivity contribution is -0.142. The Balaban J connectivity index is 2.49. The largest absolute Gasteiger partial charge is 0.480 e. The maximum Gasteiger partial charge on any atom is 0.326 e. The third-order valence-corrected chi connectivity index (χ3v) is 2.89. The van der Waals surface area contributed by atoms with Crippen LogP contribution in [0.15, 0.2) is 12.7 Å². The number of carbonyl (C=O) groups is 2. The van der Waals surface area contributed by atoms with E-state index in [-0.39, 0.29) is 18.4 Å². The Morgan fingerprint density at radius 2 is 2.24 bits per heavy atom. The second-order valence-electron chi connectivity index (χ2n) is 4.28. The predicted molar refractivity (Wildman–Crippen MR) is 64.6 cm³/mol. The standard InChI is InChI=1S/C12H20N2O3/c1-2-6-10(12(16)17)14-11(15)9-7-4-3-5-8-13-9/h2,9-10,13H,1,3-8H2,(H,14,15)(H,16,17). The van der Waals surface area contributed by atoms with E-state index in [0.717, 1.165) is 32.2 Å². The summed E-state index contributed by atoms with van der Waals surface area (Å²) in [4.78, 5) is 22.8. The molecular formula is C12H20N2O3. The summed E-state index contributed by atoms with van der Waals surface area (Å²) < 4.78 is 0. The zero-order valence-corrected chi connectivity index (χ0v) is 9.95. The van der Waals surface area contributed by atoms with Crippen LogP contribution in [-0.2, 0) is 9.59 Å². The van der Waals surface area contributed by atoms with Gasteiger partial charge in [0.15, 0.2) is 0 Å². The van der Waals surface area contributed by atoms with Crippen LogP contribution in [0.3, 0.4) is 0 Å². The van der Waals surface area contributed by atoms with Crippen molar-refractivity contribution in [2.45, 2.75) is 44.2 Å². The summed E-state index contributed by atoms with van der Waals surface area (Å²) in [6.45, 7) is 4.30. The lowest BCUT2D eigenvalue weighted by Gasteiger charge is -2.19. The molecule has 1 aliphatic rings. The summed E-state index contributed by atoms with van der Waals surface area (Å²) in [7, 11) is 0. The van der Waals surface area contributed by atoms with E-state index >= 15 is 0 Å². The van der Waals surface area contributed by atoms with Gasteiger partial charge in [-0.25, -0.2) is 4.79 Å². The highest BCUT2D eigenvalue weighted by atomic mass is 16.4. The Morgan fingerprint density at radius 3 is 2.88 bits per heavy atom. The highest BCUT2D eigenvalue weighted by Crippen LogP contribution is 2.09. The van der Waals surface area contributed by atoms with E-state index in [9.17, 15) is 9.59 Å². The van der Waals surface area contributed by atoms with Crippen LogP contribution in [0.25, 0.3) is 0 Å². The quantitative estimate of drug-likeness (QED) is 0.617. The zero-order chi connectivity index (χ0) is 12.7. The van der Waals surface area contributed by atoms with Gasteiger partial charge in [0.05, 0.1) is 6.04 Å².